The molecule has 6 atom stereocenters. The van der Waals surface area contributed by atoms with E-state index in [0.29, 0.717) is 13.0 Å². The summed E-state index contributed by atoms with van der Waals surface area (Å²) in [4.78, 5) is 51.8. The van der Waals surface area contributed by atoms with E-state index in [-0.39, 0.29) is 0 Å². The maximum Gasteiger partial charge on any atom is 0.330 e. The molecule has 1 aromatic heterocycles. The fourth-order valence-electron chi connectivity index (χ4n) is 4.86. The van der Waals surface area contributed by atoms with E-state index < -0.39 is 59.7 Å². The molecule has 12 heteroatoms. The van der Waals surface area contributed by atoms with Gasteiger partial charge in [0.25, 0.3) is 5.56 Å². The molecule has 1 aromatic rings. The molecule has 0 aliphatic carbocycles. The lowest BCUT2D eigenvalue weighted by molar-refractivity contribution is -0.136. The second-order valence-electron chi connectivity index (χ2n) is 10.7. The van der Waals surface area contributed by atoms with Crippen LogP contribution in [-0.4, -0.2) is 68.5 Å². The molecule has 228 valence electrons. The van der Waals surface area contributed by atoms with Crippen LogP contribution in [0.4, 0.5) is 0 Å². The van der Waals surface area contributed by atoms with Crippen molar-refractivity contribution in [1.82, 2.24) is 20.2 Å². The summed E-state index contributed by atoms with van der Waals surface area (Å²) in [6.45, 7) is 4.55. The predicted molar refractivity (Wildman–Crippen MR) is 152 cm³/mol. The molecule has 1 aliphatic heterocycles. The number of amides is 2. The van der Waals surface area contributed by atoms with Gasteiger partial charge in [0.15, 0.2) is 6.23 Å². The van der Waals surface area contributed by atoms with Crippen LogP contribution >= 0.6 is 0 Å². The molecule has 7 N–H and O–H groups in total. The van der Waals surface area contributed by atoms with Gasteiger partial charge in [-0.3, -0.25) is 23.9 Å². The molecule has 40 heavy (non-hydrogen) atoms. The van der Waals surface area contributed by atoms with E-state index in [0.717, 1.165) is 55.4 Å². The largest absolute Gasteiger partial charge is 0.387 e. The van der Waals surface area contributed by atoms with E-state index in [4.69, 9.17) is 10.5 Å². The Morgan fingerprint density at radius 2 is 1.55 bits per heavy atom. The van der Waals surface area contributed by atoms with Crippen molar-refractivity contribution in [3.8, 4) is 0 Å². The zero-order valence-corrected chi connectivity index (χ0v) is 24.0. The molecular weight excluding hydrogens is 518 g/mol. The van der Waals surface area contributed by atoms with Crippen molar-refractivity contribution >= 4 is 11.8 Å². The lowest BCUT2D eigenvalue weighted by atomic mass is 10.0. The number of hydrogen-bond acceptors (Lipinski definition) is 8. The summed E-state index contributed by atoms with van der Waals surface area (Å²) in [5.74, 6) is -1.17. The average Bonchev–Trinajstić information content (AvgIpc) is 3.22. The van der Waals surface area contributed by atoms with Gasteiger partial charge in [-0.05, 0) is 12.8 Å². The first-order valence-electron chi connectivity index (χ1n) is 14.9. The monoisotopic (exact) mass is 567 g/mol. The Labute approximate surface area is 236 Å². The van der Waals surface area contributed by atoms with E-state index in [2.05, 4.69) is 22.5 Å². The number of nitrogens with zero attached hydrogens (tertiary/aromatic N) is 1. The van der Waals surface area contributed by atoms with Gasteiger partial charge in [0.2, 0.25) is 11.8 Å². The van der Waals surface area contributed by atoms with Crippen molar-refractivity contribution in [3.63, 3.8) is 0 Å². The van der Waals surface area contributed by atoms with Crippen LogP contribution in [0.5, 0.6) is 0 Å². The number of nitrogens with two attached hydrogens (primary N) is 1. The summed E-state index contributed by atoms with van der Waals surface area (Å²) in [5, 5.41) is 26.8. The minimum atomic E-state index is -1.61. The molecule has 0 spiro atoms. The van der Waals surface area contributed by atoms with Crippen LogP contribution in [0.3, 0.4) is 0 Å². The molecule has 1 unspecified atom stereocenters. The topological polar surface area (TPSA) is 189 Å². The Morgan fingerprint density at radius 1 is 0.950 bits per heavy atom. The second kappa shape index (κ2) is 18.0. The van der Waals surface area contributed by atoms with Crippen LogP contribution in [0.1, 0.15) is 104 Å². The quantitative estimate of drug-likeness (QED) is 0.134. The fourth-order valence-corrected chi connectivity index (χ4v) is 4.86. The molecular formula is C28H49N5O7. The first-order valence-corrected chi connectivity index (χ1v) is 14.9. The Hall–Kier alpha value is -2.54. The van der Waals surface area contributed by atoms with Crippen LogP contribution in [0, 0.1) is 0 Å². The maximum atomic E-state index is 13.2. The van der Waals surface area contributed by atoms with Crippen LogP contribution in [0.2, 0.25) is 0 Å². The van der Waals surface area contributed by atoms with Crippen LogP contribution in [0.25, 0.3) is 0 Å². The van der Waals surface area contributed by atoms with Crippen molar-refractivity contribution in [1.29, 1.82) is 0 Å². The Balaban J connectivity index is 1.99. The van der Waals surface area contributed by atoms with Crippen molar-refractivity contribution in [3.05, 3.63) is 33.1 Å². The van der Waals surface area contributed by atoms with Crippen LogP contribution in [0.15, 0.2) is 21.9 Å². The second-order valence-corrected chi connectivity index (χ2v) is 10.7. The number of aromatic nitrogens is 2. The van der Waals surface area contributed by atoms with E-state index in [1.54, 1.807) is 0 Å². The summed E-state index contributed by atoms with van der Waals surface area (Å²) >= 11 is 0. The highest BCUT2D eigenvalue weighted by Crippen LogP contribution is 2.30. The third-order valence-corrected chi connectivity index (χ3v) is 7.34. The number of carbonyl (C=O) groups excluding carboxylic acids is 2. The molecule has 0 radical (unpaired) electrons. The van der Waals surface area contributed by atoms with Crippen molar-refractivity contribution in [2.45, 2.75) is 134 Å². The summed E-state index contributed by atoms with van der Waals surface area (Å²) in [5.41, 5.74) is 4.52. The SMILES string of the molecule is CCCCCCCCCCCCNC(=O)[C@@H](NC(=O)[C@H](N)CCCC)C1O[C@@H](n2ccc(=O)[nH]c2=O)[C@H](O)[C@@H]1O. The predicted octanol–water partition coefficient (Wildman–Crippen LogP) is 1.20. The fraction of sp³-hybridized carbons (Fsp3) is 0.786. The minimum Gasteiger partial charge on any atom is -0.387 e. The summed E-state index contributed by atoms with van der Waals surface area (Å²) in [6.07, 6.45) is 8.65. The first kappa shape index (κ1) is 33.7. The lowest BCUT2D eigenvalue weighted by Crippen LogP contribution is -2.59. The zero-order chi connectivity index (χ0) is 29.5. The highest BCUT2D eigenvalue weighted by molar-refractivity contribution is 5.90. The molecule has 0 aromatic carbocycles. The number of carbonyl (C=O) groups is 2. The van der Waals surface area contributed by atoms with Gasteiger partial charge in [0.1, 0.15) is 24.4 Å². The number of aromatic amines is 1. The van der Waals surface area contributed by atoms with E-state index in [9.17, 15) is 29.4 Å². The molecule has 1 saturated heterocycles. The Bertz CT molecular complexity index is 1010. The molecule has 12 nitrogen and oxygen atoms in total. The number of rotatable bonds is 19. The number of unbranched alkanes of at least 4 members (excludes halogenated alkanes) is 10. The molecule has 1 aliphatic rings. The van der Waals surface area contributed by atoms with Crippen molar-refractivity contribution < 1.29 is 24.5 Å². The van der Waals surface area contributed by atoms with Gasteiger partial charge in [-0.1, -0.05) is 84.5 Å². The Morgan fingerprint density at radius 3 is 2.15 bits per heavy atom. The van der Waals surface area contributed by atoms with Gasteiger partial charge >= 0.3 is 5.69 Å². The number of ether oxygens (including phenoxy) is 1. The van der Waals surface area contributed by atoms with Gasteiger partial charge in [-0.25, -0.2) is 4.79 Å². The van der Waals surface area contributed by atoms with Crippen molar-refractivity contribution in [2.24, 2.45) is 5.73 Å². The van der Waals surface area contributed by atoms with Gasteiger partial charge in [-0.15, -0.1) is 0 Å². The number of nitrogens with one attached hydrogen (secondary N) is 3. The smallest absolute Gasteiger partial charge is 0.330 e. The maximum absolute atomic E-state index is 13.2. The highest BCUT2D eigenvalue weighted by Gasteiger charge is 2.50. The minimum absolute atomic E-state index is 0.373. The van der Waals surface area contributed by atoms with E-state index in [1.807, 2.05) is 6.92 Å². The molecule has 0 saturated carbocycles. The molecule has 2 rings (SSSR count). The van der Waals surface area contributed by atoms with E-state index in [1.165, 1.54) is 38.5 Å². The summed E-state index contributed by atoms with van der Waals surface area (Å²) in [7, 11) is 0. The average molecular weight is 568 g/mol. The Kier molecular flexibility index (Phi) is 15.2. The third kappa shape index (κ3) is 10.5. The van der Waals surface area contributed by atoms with Crippen LogP contribution < -0.4 is 27.6 Å². The normalized spacial score (nSPS) is 22.1. The van der Waals surface area contributed by atoms with Crippen LogP contribution in [-0.2, 0) is 14.3 Å². The number of aliphatic hydroxyl groups excluding tert-OH is 2. The third-order valence-electron chi connectivity index (χ3n) is 7.34. The zero-order valence-electron chi connectivity index (χ0n) is 24.0. The van der Waals surface area contributed by atoms with E-state index >= 15 is 0 Å². The molecule has 0 bridgehead atoms. The van der Waals surface area contributed by atoms with Gasteiger partial charge < -0.3 is 31.3 Å². The highest BCUT2D eigenvalue weighted by atomic mass is 16.6. The summed E-state index contributed by atoms with van der Waals surface area (Å²) in [6, 6.07) is -1.16. The summed E-state index contributed by atoms with van der Waals surface area (Å²) < 4.78 is 6.69. The first-order chi connectivity index (χ1) is 19.2. The lowest BCUT2D eigenvalue weighted by Gasteiger charge is -2.27. The van der Waals surface area contributed by atoms with Crippen molar-refractivity contribution in [2.75, 3.05) is 6.54 Å². The molecule has 2 heterocycles. The number of hydrogen-bond donors (Lipinski definition) is 6. The van der Waals surface area contributed by atoms with Gasteiger partial charge in [0.05, 0.1) is 6.04 Å². The standard InChI is InChI=1S/C28H49N5O7/c1-3-5-7-8-9-10-11-12-13-14-17-30-26(38)21(32-25(37)19(29)15-6-4-2)24-22(35)23(36)27(40-24)33-18-16-20(34)31-28(33)39/h16,18-19,21-24,27,35-36H,3-15,17,29H2,1-2H3,(H,30,38)(H,32,37)(H,31,34,39)/t19-,21+,22+,23-,24?,27-/m1/s1. The molecule has 1 fully saturated rings. The number of H-pyrrole nitrogens is 1. The molecule has 2 amide bonds. The van der Waals surface area contributed by atoms with Gasteiger partial charge in [-0.2, -0.15) is 0 Å². The number of aliphatic hydroxyl groups is 2. The van der Waals surface area contributed by atoms with Gasteiger partial charge in [0, 0.05) is 18.8 Å².